The van der Waals surface area contributed by atoms with Gasteiger partial charge in [-0.15, -0.1) is 0 Å². The molecule has 0 bridgehead atoms. The van der Waals surface area contributed by atoms with Gasteiger partial charge in [-0.1, -0.05) is 6.07 Å². The predicted octanol–water partition coefficient (Wildman–Crippen LogP) is 1.45. The number of amides is 1. The molecular formula is C12H16F2N2O2. The van der Waals surface area contributed by atoms with E-state index in [0.29, 0.717) is 12.8 Å². The summed E-state index contributed by atoms with van der Waals surface area (Å²) in [7, 11) is 0. The van der Waals surface area contributed by atoms with Crippen molar-refractivity contribution in [1.29, 1.82) is 0 Å². The fraction of sp³-hybridized carbons (Fsp3) is 0.500. The molecule has 100 valence electrons. The van der Waals surface area contributed by atoms with Crippen molar-refractivity contribution in [3.05, 3.63) is 30.1 Å². The molecule has 0 aliphatic carbocycles. The summed E-state index contributed by atoms with van der Waals surface area (Å²) in [4.78, 5) is 15.0. The smallest absolute Gasteiger partial charge is 0.366 e. The van der Waals surface area contributed by atoms with Gasteiger partial charge in [-0.05, 0) is 31.9 Å². The van der Waals surface area contributed by atoms with E-state index in [1.165, 1.54) is 18.3 Å². The lowest BCUT2D eigenvalue weighted by molar-refractivity contribution is -0.148. The first-order valence-corrected chi connectivity index (χ1v) is 5.69. The van der Waals surface area contributed by atoms with E-state index in [1.54, 1.807) is 6.92 Å². The summed E-state index contributed by atoms with van der Waals surface area (Å²) < 4.78 is 27.4. The van der Waals surface area contributed by atoms with Crippen LogP contribution in [0.25, 0.3) is 0 Å². The van der Waals surface area contributed by atoms with Gasteiger partial charge in [0.05, 0.1) is 0 Å². The standard InChI is InChI=1S/C12H16F2N2O2/c1-9(5-4-8-17)16-11(18)12(13,14)10-6-2-3-7-15-10/h2-3,6-7,9,17H,4-5,8H2,1H3,(H,16,18). The number of halogens is 2. The Hall–Kier alpha value is -1.56. The monoisotopic (exact) mass is 258 g/mol. The number of aromatic nitrogens is 1. The van der Waals surface area contributed by atoms with Gasteiger partial charge in [-0.2, -0.15) is 8.78 Å². The number of nitrogens with zero attached hydrogens (tertiary/aromatic N) is 1. The van der Waals surface area contributed by atoms with Crippen molar-refractivity contribution < 1.29 is 18.7 Å². The molecule has 1 unspecified atom stereocenters. The molecular weight excluding hydrogens is 242 g/mol. The maximum atomic E-state index is 13.7. The van der Waals surface area contributed by atoms with Gasteiger partial charge in [0.25, 0.3) is 5.91 Å². The van der Waals surface area contributed by atoms with Crippen molar-refractivity contribution in [3.8, 4) is 0 Å². The van der Waals surface area contributed by atoms with Crippen molar-refractivity contribution in [1.82, 2.24) is 10.3 Å². The highest BCUT2D eigenvalue weighted by Crippen LogP contribution is 2.26. The van der Waals surface area contributed by atoms with Crippen LogP contribution < -0.4 is 5.32 Å². The molecule has 6 heteroatoms. The van der Waals surface area contributed by atoms with Gasteiger partial charge in [-0.3, -0.25) is 9.78 Å². The maximum Gasteiger partial charge on any atom is 0.366 e. The minimum atomic E-state index is -3.64. The van der Waals surface area contributed by atoms with Gasteiger partial charge in [0.2, 0.25) is 0 Å². The zero-order valence-electron chi connectivity index (χ0n) is 10.1. The summed E-state index contributed by atoms with van der Waals surface area (Å²) in [6.07, 6.45) is 2.11. The Balaban J connectivity index is 2.65. The van der Waals surface area contributed by atoms with Crippen LogP contribution in [-0.4, -0.2) is 28.6 Å². The van der Waals surface area contributed by atoms with Crippen LogP contribution in [0.2, 0.25) is 0 Å². The van der Waals surface area contributed by atoms with E-state index < -0.39 is 23.6 Å². The lowest BCUT2D eigenvalue weighted by atomic mass is 10.1. The first-order valence-electron chi connectivity index (χ1n) is 5.69. The van der Waals surface area contributed by atoms with Crippen molar-refractivity contribution in [2.45, 2.75) is 31.7 Å². The number of aliphatic hydroxyl groups excluding tert-OH is 1. The summed E-state index contributed by atoms with van der Waals surface area (Å²) in [5.41, 5.74) is -0.572. The van der Waals surface area contributed by atoms with E-state index in [1.807, 2.05) is 0 Å². The van der Waals surface area contributed by atoms with Crippen molar-refractivity contribution >= 4 is 5.91 Å². The van der Waals surface area contributed by atoms with Crippen LogP contribution in [0.5, 0.6) is 0 Å². The van der Waals surface area contributed by atoms with E-state index in [4.69, 9.17) is 5.11 Å². The average Bonchev–Trinajstić information content (AvgIpc) is 2.37. The Bertz CT molecular complexity index is 385. The van der Waals surface area contributed by atoms with Crippen LogP contribution in [0.3, 0.4) is 0 Å². The van der Waals surface area contributed by atoms with Gasteiger partial charge in [0, 0.05) is 18.8 Å². The Kier molecular flexibility index (Phi) is 5.15. The molecule has 0 fully saturated rings. The lowest BCUT2D eigenvalue weighted by Crippen LogP contribution is -2.43. The van der Waals surface area contributed by atoms with Crippen molar-refractivity contribution in [2.75, 3.05) is 6.61 Å². The molecule has 1 aromatic heterocycles. The van der Waals surface area contributed by atoms with Crippen LogP contribution in [0.15, 0.2) is 24.4 Å². The molecule has 0 spiro atoms. The molecule has 0 saturated carbocycles. The minimum Gasteiger partial charge on any atom is -0.396 e. The van der Waals surface area contributed by atoms with Gasteiger partial charge in [-0.25, -0.2) is 0 Å². The molecule has 1 amide bonds. The second kappa shape index (κ2) is 6.39. The van der Waals surface area contributed by atoms with Gasteiger partial charge < -0.3 is 10.4 Å². The summed E-state index contributed by atoms with van der Waals surface area (Å²) in [6, 6.07) is 3.59. The molecule has 1 heterocycles. The second-order valence-electron chi connectivity index (χ2n) is 4.03. The van der Waals surface area contributed by atoms with Crippen LogP contribution >= 0.6 is 0 Å². The Morgan fingerprint density at radius 2 is 2.28 bits per heavy atom. The highest BCUT2D eigenvalue weighted by molar-refractivity contribution is 5.84. The molecule has 0 aliphatic heterocycles. The first-order chi connectivity index (χ1) is 8.48. The third kappa shape index (κ3) is 3.73. The largest absolute Gasteiger partial charge is 0.396 e. The van der Waals surface area contributed by atoms with E-state index in [-0.39, 0.29) is 6.61 Å². The highest BCUT2D eigenvalue weighted by atomic mass is 19.3. The van der Waals surface area contributed by atoms with E-state index in [2.05, 4.69) is 10.3 Å². The van der Waals surface area contributed by atoms with Crippen LogP contribution in [0.1, 0.15) is 25.5 Å². The van der Waals surface area contributed by atoms with Gasteiger partial charge in [0.1, 0.15) is 5.69 Å². The minimum absolute atomic E-state index is 0.0309. The SMILES string of the molecule is CC(CCCO)NC(=O)C(F)(F)c1ccccn1. The molecule has 1 atom stereocenters. The van der Waals surface area contributed by atoms with E-state index in [0.717, 1.165) is 6.07 Å². The summed E-state index contributed by atoms with van der Waals surface area (Å²) in [5.74, 6) is -5.01. The summed E-state index contributed by atoms with van der Waals surface area (Å²) >= 11 is 0. The van der Waals surface area contributed by atoms with E-state index >= 15 is 0 Å². The van der Waals surface area contributed by atoms with Crippen LogP contribution in [0.4, 0.5) is 8.78 Å². The number of aliphatic hydroxyl groups is 1. The Labute approximate surface area is 104 Å². The third-order valence-electron chi connectivity index (χ3n) is 2.44. The second-order valence-corrected chi connectivity index (χ2v) is 4.03. The maximum absolute atomic E-state index is 13.7. The lowest BCUT2D eigenvalue weighted by Gasteiger charge is -2.19. The Morgan fingerprint density at radius 3 is 2.83 bits per heavy atom. The predicted molar refractivity (Wildman–Crippen MR) is 62.1 cm³/mol. The zero-order chi connectivity index (χ0) is 13.6. The number of carbonyl (C=O) groups is 1. The van der Waals surface area contributed by atoms with Gasteiger partial charge in [0.15, 0.2) is 0 Å². The van der Waals surface area contributed by atoms with Gasteiger partial charge >= 0.3 is 5.92 Å². The number of carbonyl (C=O) groups excluding carboxylic acids is 1. The molecule has 1 rings (SSSR count). The molecule has 4 nitrogen and oxygen atoms in total. The number of hydrogen-bond acceptors (Lipinski definition) is 3. The third-order valence-corrected chi connectivity index (χ3v) is 2.44. The molecule has 0 aromatic carbocycles. The van der Waals surface area contributed by atoms with Crippen molar-refractivity contribution in [2.24, 2.45) is 0 Å². The highest BCUT2D eigenvalue weighted by Gasteiger charge is 2.42. The molecule has 0 aliphatic rings. The number of rotatable bonds is 6. The molecule has 0 saturated heterocycles. The topological polar surface area (TPSA) is 62.2 Å². The average molecular weight is 258 g/mol. The molecule has 18 heavy (non-hydrogen) atoms. The number of alkyl halides is 2. The summed E-state index contributed by atoms with van der Waals surface area (Å²) in [6.45, 7) is 1.58. The quantitative estimate of drug-likeness (QED) is 0.811. The summed E-state index contributed by atoms with van der Waals surface area (Å²) in [5, 5.41) is 10.8. The van der Waals surface area contributed by atoms with Crippen LogP contribution in [0, 0.1) is 0 Å². The normalized spacial score (nSPS) is 13.1. The molecule has 0 radical (unpaired) electrons. The van der Waals surface area contributed by atoms with Crippen molar-refractivity contribution in [3.63, 3.8) is 0 Å². The number of pyridine rings is 1. The Morgan fingerprint density at radius 1 is 1.56 bits per heavy atom. The fourth-order valence-electron chi connectivity index (χ4n) is 1.45. The number of hydrogen-bond donors (Lipinski definition) is 2. The zero-order valence-corrected chi connectivity index (χ0v) is 10.1. The first kappa shape index (κ1) is 14.5. The molecule has 2 N–H and O–H groups in total. The fourth-order valence-corrected chi connectivity index (χ4v) is 1.45. The molecule has 1 aromatic rings. The van der Waals surface area contributed by atoms with E-state index in [9.17, 15) is 13.6 Å². The number of nitrogens with one attached hydrogen (secondary N) is 1. The van der Waals surface area contributed by atoms with Crippen LogP contribution in [-0.2, 0) is 10.7 Å².